The highest BCUT2D eigenvalue weighted by Gasteiger charge is 2.19. The first-order chi connectivity index (χ1) is 16.0. The van der Waals surface area contributed by atoms with Gasteiger partial charge in [0.25, 0.3) is 11.1 Å². The maximum Gasteiger partial charge on any atom is 0.359 e. The van der Waals surface area contributed by atoms with Crippen molar-refractivity contribution in [2.24, 2.45) is 0 Å². The van der Waals surface area contributed by atoms with Crippen molar-refractivity contribution in [3.63, 3.8) is 0 Å². The van der Waals surface area contributed by atoms with Crippen molar-refractivity contribution >= 4 is 33.0 Å². The number of carbonyl (C=O) groups is 1. The number of ether oxygens (including phenoxy) is 1. The Kier molecular flexibility index (Phi) is 5.27. The molecular weight excluding hydrogens is 442 g/mol. The fourth-order valence-electron chi connectivity index (χ4n) is 3.40. The summed E-state index contributed by atoms with van der Waals surface area (Å²) in [6.45, 7) is 1.72. The monoisotopic (exact) mass is 459 g/mol. The lowest BCUT2D eigenvalue weighted by Crippen LogP contribution is -2.25. The molecule has 2 aromatic carbocycles. The summed E-state index contributed by atoms with van der Waals surface area (Å²) in [7, 11) is 0. The molecule has 0 aliphatic rings. The van der Waals surface area contributed by atoms with Crippen molar-refractivity contribution in [2.45, 2.75) is 20.0 Å². The fraction of sp³-hybridized carbons (Fsp3) is 0.130. The van der Waals surface area contributed by atoms with Gasteiger partial charge in [0.1, 0.15) is 11.6 Å². The van der Waals surface area contributed by atoms with E-state index in [1.165, 1.54) is 26.6 Å². The van der Waals surface area contributed by atoms with E-state index in [1.807, 2.05) is 13.0 Å². The molecule has 33 heavy (non-hydrogen) atoms. The minimum absolute atomic E-state index is 0.00193. The topological polar surface area (TPSA) is 108 Å². The van der Waals surface area contributed by atoms with Gasteiger partial charge in [0.15, 0.2) is 5.69 Å². The number of esters is 1. The van der Waals surface area contributed by atoms with Crippen LogP contribution in [0.5, 0.6) is 0 Å². The second kappa shape index (κ2) is 8.40. The first-order valence-corrected chi connectivity index (χ1v) is 11.0. The molecule has 0 radical (unpaired) electrons. The normalized spacial score (nSPS) is 11.2. The number of para-hydroxylation sites is 1. The van der Waals surface area contributed by atoms with Crippen LogP contribution >= 0.6 is 11.3 Å². The van der Waals surface area contributed by atoms with E-state index in [-0.39, 0.29) is 23.4 Å². The molecule has 3 aromatic heterocycles. The molecule has 5 aromatic rings. The maximum atomic E-state index is 13.0. The Morgan fingerprint density at radius 3 is 2.48 bits per heavy atom. The zero-order chi connectivity index (χ0) is 22.9. The van der Waals surface area contributed by atoms with Crippen molar-refractivity contribution in [1.82, 2.24) is 24.4 Å². The van der Waals surface area contributed by atoms with Crippen molar-refractivity contribution in [3.05, 3.63) is 97.8 Å². The average Bonchev–Trinajstić information content (AvgIpc) is 3.27. The standard InChI is InChI=1S/C23H17N5O4S/c1-2-18-25-28-19(29)12-14(24-23(28)33-18)13-32-22(31)20-16-10-6-7-11-17(16)21(30)27(26-20)15-8-4-3-5-9-15/h3-12H,2,13H2,1H3. The molecule has 0 spiro atoms. The summed E-state index contributed by atoms with van der Waals surface area (Å²) in [5, 5.41) is 10.0. The molecule has 0 saturated carbocycles. The lowest BCUT2D eigenvalue weighted by atomic mass is 10.1. The van der Waals surface area contributed by atoms with Crippen LogP contribution in [0.25, 0.3) is 21.4 Å². The van der Waals surface area contributed by atoms with Gasteiger partial charge in [-0.2, -0.15) is 19.4 Å². The Hall–Kier alpha value is -4.18. The summed E-state index contributed by atoms with van der Waals surface area (Å²) in [6.07, 6.45) is 0.688. The highest BCUT2D eigenvalue weighted by Crippen LogP contribution is 2.17. The third-order valence-corrected chi connectivity index (χ3v) is 6.05. The fourth-order valence-corrected chi connectivity index (χ4v) is 4.26. The molecule has 0 aliphatic heterocycles. The number of fused-ring (bicyclic) bond motifs is 2. The largest absolute Gasteiger partial charge is 0.454 e. The summed E-state index contributed by atoms with van der Waals surface area (Å²) in [5.41, 5.74) is 0.145. The SMILES string of the molecule is CCc1nn2c(=O)cc(COC(=O)c3nn(-c4ccccc4)c(=O)c4ccccc34)nc2s1. The van der Waals surface area contributed by atoms with Gasteiger partial charge in [0.05, 0.1) is 16.8 Å². The van der Waals surface area contributed by atoms with Gasteiger partial charge in [-0.15, -0.1) is 0 Å². The van der Waals surface area contributed by atoms with Gasteiger partial charge in [0, 0.05) is 11.5 Å². The highest BCUT2D eigenvalue weighted by atomic mass is 32.1. The summed E-state index contributed by atoms with van der Waals surface area (Å²) >= 11 is 1.31. The Balaban J connectivity index is 1.51. The Labute approximate surface area is 190 Å². The van der Waals surface area contributed by atoms with Crippen LogP contribution in [-0.4, -0.2) is 30.3 Å². The molecule has 0 N–H and O–H groups in total. The molecule has 0 unspecified atom stereocenters. The quantitative estimate of drug-likeness (QED) is 0.372. The van der Waals surface area contributed by atoms with E-state index in [1.54, 1.807) is 48.5 Å². The second-order valence-electron chi connectivity index (χ2n) is 7.15. The molecule has 0 bridgehead atoms. The molecule has 164 valence electrons. The van der Waals surface area contributed by atoms with E-state index < -0.39 is 5.97 Å². The van der Waals surface area contributed by atoms with Gasteiger partial charge in [-0.05, 0) is 24.6 Å². The number of carbonyl (C=O) groups excluding carboxylic acids is 1. The van der Waals surface area contributed by atoms with E-state index in [2.05, 4.69) is 15.2 Å². The van der Waals surface area contributed by atoms with E-state index in [0.717, 1.165) is 5.01 Å². The van der Waals surface area contributed by atoms with Crippen LogP contribution in [0.4, 0.5) is 0 Å². The first-order valence-electron chi connectivity index (χ1n) is 10.2. The summed E-state index contributed by atoms with van der Waals surface area (Å²) < 4.78 is 7.86. The van der Waals surface area contributed by atoms with Crippen molar-refractivity contribution in [1.29, 1.82) is 0 Å². The molecule has 0 saturated heterocycles. The number of hydrogen-bond acceptors (Lipinski definition) is 8. The van der Waals surface area contributed by atoms with E-state index in [4.69, 9.17) is 4.74 Å². The van der Waals surface area contributed by atoms with Gasteiger partial charge < -0.3 is 4.74 Å². The third-order valence-electron chi connectivity index (χ3n) is 4.99. The lowest BCUT2D eigenvalue weighted by Gasteiger charge is -2.11. The first kappa shape index (κ1) is 20.7. The number of aromatic nitrogens is 5. The van der Waals surface area contributed by atoms with Gasteiger partial charge in [-0.1, -0.05) is 54.7 Å². The number of nitrogens with zero attached hydrogens (tertiary/aromatic N) is 5. The van der Waals surface area contributed by atoms with Gasteiger partial charge >= 0.3 is 5.97 Å². The molecule has 0 fully saturated rings. The summed E-state index contributed by atoms with van der Waals surface area (Å²) in [4.78, 5) is 43.1. The number of benzene rings is 2. The molecule has 0 atom stereocenters. The zero-order valence-corrected chi connectivity index (χ0v) is 18.3. The van der Waals surface area contributed by atoms with Crippen molar-refractivity contribution < 1.29 is 9.53 Å². The Bertz CT molecular complexity index is 1620. The molecule has 0 amide bonds. The molecule has 10 heteroatoms. The van der Waals surface area contributed by atoms with Crippen LogP contribution in [0.15, 0.2) is 70.3 Å². The second-order valence-corrected chi connectivity index (χ2v) is 8.19. The van der Waals surface area contributed by atoms with E-state index >= 15 is 0 Å². The highest BCUT2D eigenvalue weighted by molar-refractivity contribution is 7.16. The van der Waals surface area contributed by atoms with Crippen LogP contribution in [0.3, 0.4) is 0 Å². The van der Waals surface area contributed by atoms with Gasteiger partial charge in [-0.25, -0.2) is 9.78 Å². The van der Waals surface area contributed by atoms with Crippen LogP contribution in [0, 0.1) is 0 Å². The minimum atomic E-state index is -0.726. The predicted octanol–water partition coefficient (Wildman–Crippen LogP) is 2.77. The molecule has 0 aliphatic carbocycles. The van der Waals surface area contributed by atoms with E-state index in [0.29, 0.717) is 33.5 Å². The predicted molar refractivity (Wildman–Crippen MR) is 123 cm³/mol. The number of aryl methyl sites for hydroxylation is 1. The van der Waals surface area contributed by atoms with Crippen molar-refractivity contribution in [3.8, 4) is 5.69 Å². The van der Waals surface area contributed by atoms with Crippen LogP contribution in [0.2, 0.25) is 0 Å². The summed E-state index contributed by atoms with van der Waals surface area (Å²) in [5.74, 6) is -0.726. The Morgan fingerprint density at radius 2 is 1.73 bits per heavy atom. The average molecular weight is 459 g/mol. The van der Waals surface area contributed by atoms with Crippen molar-refractivity contribution in [2.75, 3.05) is 0 Å². The van der Waals surface area contributed by atoms with Crippen LogP contribution in [0.1, 0.15) is 28.1 Å². The number of rotatable bonds is 5. The smallest absolute Gasteiger partial charge is 0.359 e. The molecular formula is C23H17N5O4S. The van der Waals surface area contributed by atoms with Crippen LogP contribution < -0.4 is 11.1 Å². The molecule has 5 rings (SSSR count). The number of hydrogen-bond donors (Lipinski definition) is 0. The zero-order valence-electron chi connectivity index (χ0n) is 17.5. The Morgan fingerprint density at radius 1 is 1.00 bits per heavy atom. The minimum Gasteiger partial charge on any atom is -0.454 e. The third kappa shape index (κ3) is 3.80. The summed E-state index contributed by atoms with van der Waals surface area (Å²) in [6, 6.07) is 16.9. The molecule has 3 heterocycles. The van der Waals surface area contributed by atoms with E-state index in [9.17, 15) is 14.4 Å². The maximum absolute atomic E-state index is 13.0. The van der Waals surface area contributed by atoms with Gasteiger partial charge in [-0.3, -0.25) is 9.59 Å². The molecule has 9 nitrogen and oxygen atoms in total. The lowest BCUT2D eigenvalue weighted by molar-refractivity contribution is 0.0461. The van der Waals surface area contributed by atoms with Crippen LogP contribution in [-0.2, 0) is 17.8 Å². The van der Waals surface area contributed by atoms with Gasteiger partial charge in [0.2, 0.25) is 4.96 Å².